The van der Waals surface area contributed by atoms with Gasteiger partial charge in [-0.1, -0.05) is 30.3 Å². The van der Waals surface area contributed by atoms with Crippen LogP contribution in [0.25, 0.3) is 0 Å². The predicted octanol–water partition coefficient (Wildman–Crippen LogP) is 2.57. The number of rotatable bonds is 7. The minimum atomic E-state index is -0.0479. The molecule has 0 aliphatic heterocycles. The fraction of sp³-hybridized carbons (Fsp3) is 0.158. The summed E-state index contributed by atoms with van der Waals surface area (Å²) in [4.78, 5) is 12.3. The Labute approximate surface area is 157 Å². The van der Waals surface area contributed by atoms with Crippen LogP contribution in [0.3, 0.4) is 0 Å². The van der Waals surface area contributed by atoms with E-state index in [9.17, 15) is 0 Å². The van der Waals surface area contributed by atoms with Gasteiger partial charge in [-0.3, -0.25) is 0 Å². The minimum Gasteiger partial charge on any atom is -0.396 e. The molecule has 6 N–H and O–H groups in total. The van der Waals surface area contributed by atoms with Crippen molar-refractivity contribution >= 4 is 23.0 Å². The highest BCUT2D eigenvalue weighted by molar-refractivity contribution is 5.70. The summed E-state index contributed by atoms with van der Waals surface area (Å²) in [6.07, 6.45) is 5.20. The first kappa shape index (κ1) is 18.1. The van der Waals surface area contributed by atoms with Gasteiger partial charge in [0, 0.05) is 18.7 Å². The molecule has 27 heavy (non-hydrogen) atoms. The second-order valence-electron chi connectivity index (χ2n) is 5.91. The summed E-state index contributed by atoms with van der Waals surface area (Å²) < 4.78 is 0. The minimum absolute atomic E-state index is 0.0479. The molecule has 2 aromatic heterocycles. The number of nitrogens with zero attached hydrogens (tertiary/aromatic N) is 4. The zero-order valence-electron chi connectivity index (χ0n) is 14.6. The molecule has 8 nitrogen and oxygen atoms in total. The van der Waals surface area contributed by atoms with Crippen LogP contribution in [0.15, 0.2) is 55.0 Å². The number of pyridine rings is 1. The average Bonchev–Trinajstić information content (AvgIpc) is 2.71. The molecule has 1 atom stereocenters. The Bertz CT molecular complexity index is 919. The summed E-state index contributed by atoms with van der Waals surface area (Å²) in [6, 6.07) is 13.6. The van der Waals surface area contributed by atoms with Crippen molar-refractivity contribution in [3.63, 3.8) is 0 Å². The molecule has 136 valence electrons. The van der Waals surface area contributed by atoms with E-state index >= 15 is 0 Å². The van der Waals surface area contributed by atoms with E-state index in [1.165, 1.54) is 12.4 Å². The zero-order valence-corrected chi connectivity index (χ0v) is 14.6. The standard InChI is InChI=1S/C19H20N8/c20-9-14-10-25-19(12-24-14)27-18-8-17(16(22)11-26-18)23-7-6-15(21)13-4-2-1-3-5-13/h1-5,8,10-12,15H,6-7,21-22H2,(H2,23,25,26,27)/t15-/m0/s1. The molecule has 0 fully saturated rings. The van der Waals surface area contributed by atoms with Crippen LogP contribution < -0.4 is 22.1 Å². The van der Waals surface area contributed by atoms with Gasteiger partial charge < -0.3 is 22.1 Å². The Kier molecular flexibility index (Phi) is 5.77. The smallest absolute Gasteiger partial charge is 0.158 e. The Balaban J connectivity index is 1.60. The van der Waals surface area contributed by atoms with E-state index in [-0.39, 0.29) is 11.7 Å². The second kappa shape index (κ2) is 8.60. The molecular weight excluding hydrogens is 340 g/mol. The van der Waals surface area contributed by atoms with Gasteiger partial charge in [-0.15, -0.1) is 0 Å². The van der Waals surface area contributed by atoms with Crippen molar-refractivity contribution in [2.45, 2.75) is 12.5 Å². The lowest BCUT2D eigenvalue weighted by Crippen LogP contribution is -2.15. The maximum Gasteiger partial charge on any atom is 0.158 e. The van der Waals surface area contributed by atoms with Crippen LogP contribution in [0, 0.1) is 11.3 Å². The van der Waals surface area contributed by atoms with Crippen LogP contribution in [0.2, 0.25) is 0 Å². The van der Waals surface area contributed by atoms with Gasteiger partial charge in [0.1, 0.15) is 17.7 Å². The van der Waals surface area contributed by atoms with Crippen molar-refractivity contribution < 1.29 is 0 Å². The van der Waals surface area contributed by atoms with Crippen molar-refractivity contribution in [1.82, 2.24) is 15.0 Å². The summed E-state index contributed by atoms with van der Waals surface area (Å²) in [5.74, 6) is 1.06. The maximum absolute atomic E-state index is 8.76. The summed E-state index contributed by atoms with van der Waals surface area (Å²) in [6.45, 7) is 0.667. The van der Waals surface area contributed by atoms with Crippen molar-refractivity contribution in [2.24, 2.45) is 5.73 Å². The lowest BCUT2D eigenvalue weighted by atomic mass is 10.1. The van der Waals surface area contributed by atoms with E-state index in [0.29, 0.717) is 23.9 Å². The van der Waals surface area contributed by atoms with Gasteiger partial charge in [0.15, 0.2) is 5.69 Å². The highest BCUT2D eigenvalue weighted by Crippen LogP contribution is 2.23. The first-order chi connectivity index (χ1) is 13.2. The van der Waals surface area contributed by atoms with Gasteiger partial charge in [0.2, 0.25) is 0 Å². The van der Waals surface area contributed by atoms with E-state index in [4.69, 9.17) is 16.7 Å². The van der Waals surface area contributed by atoms with Gasteiger partial charge in [-0.2, -0.15) is 5.26 Å². The summed E-state index contributed by atoms with van der Waals surface area (Å²) in [5, 5.41) is 15.1. The number of nitrogens with two attached hydrogens (primary N) is 2. The zero-order chi connectivity index (χ0) is 19.1. The quantitative estimate of drug-likeness (QED) is 0.504. The average molecular weight is 360 g/mol. The van der Waals surface area contributed by atoms with Gasteiger partial charge in [-0.05, 0) is 12.0 Å². The van der Waals surface area contributed by atoms with Gasteiger partial charge in [0.25, 0.3) is 0 Å². The van der Waals surface area contributed by atoms with Crippen LogP contribution >= 0.6 is 0 Å². The molecule has 3 rings (SSSR count). The molecule has 0 radical (unpaired) electrons. The lowest BCUT2D eigenvalue weighted by molar-refractivity contribution is 0.675. The van der Waals surface area contributed by atoms with E-state index in [1.807, 2.05) is 36.4 Å². The highest BCUT2D eigenvalue weighted by atomic mass is 15.1. The molecule has 0 aliphatic carbocycles. The Morgan fingerprint density at radius 3 is 2.52 bits per heavy atom. The Hall–Kier alpha value is -3.70. The second-order valence-corrected chi connectivity index (χ2v) is 5.91. The van der Waals surface area contributed by atoms with Crippen molar-refractivity contribution in [3.8, 4) is 6.07 Å². The number of anilines is 4. The molecule has 2 heterocycles. The van der Waals surface area contributed by atoms with Crippen LogP contribution in [0.5, 0.6) is 0 Å². The third-order valence-corrected chi connectivity index (χ3v) is 3.96. The SMILES string of the molecule is N#Cc1cnc(Nc2cc(NCC[C@H](N)c3ccccc3)c(N)cn2)cn1. The number of nitriles is 1. The molecule has 0 amide bonds. The molecule has 0 aliphatic rings. The molecular formula is C19H20N8. The van der Waals surface area contributed by atoms with Crippen molar-refractivity contribution in [1.29, 1.82) is 5.26 Å². The normalized spacial score (nSPS) is 11.4. The molecule has 1 aromatic carbocycles. The molecule has 0 spiro atoms. The number of nitrogen functional groups attached to an aromatic ring is 1. The van der Waals surface area contributed by atoms with Gasteiger partial charge in [0.05, 0.1) is 30.0 Å². The van der Waals surface area contributed by atoms with E-state index in [0.717, 1.165) is 17.7 Å². The van der Waals surface area contributed by atoms with Crippen molar-refractivity contribution in [3.05, 3.63) is 66.2 Å². The number of nitrogens with one attached hydrogen (secondary N) is 2. The van der Waals surface area contributed by atoms with Crippen molar-refractivity contribution in [2.75, 3.05) is 22.9 Å². The lowest BCUT2D eigenvalue weighted by Gasteiger charge is -2.15. The number of hydrogen-bond donors (Lipinski definition) is 4. The van der Waals surface area contributed by atoms with Gasteiger partial charge >= 0.3 is 0 Å². The van der Waals surface area contributed by atoms with E-state index in [2.05, 4.69) is 25.6 Å². The Morgan fingerprint density at radius 2 is 1.81 bits per heavy atom. The molecule has 0 saturated heterocycles. The van der Waals surface area contributed by atoms with Crippen LogP contribution in [-0.2, 0) is 0 Å². The molecule has 0 saturated carbocycles. The third-order valence-electron chi connectivity index (χ3n) is 3.96. The number of benzene rings is 1. The topological polar surface area (TPSA) is 139 Å². The van der Waals surface area contributed by atoms with Crippen LogP contribution in [-0.4, -0.2) is 21.5 Å². The molecule has 0 bridgehead atoms. The molecule has 8 heteroatoms. The maximum atomic E-state index is 8.76. The van der Waals surface area contributed by atoms with Crippen LogP contribution in [0.1, 0.15) is 23.7 Å². The fourth-order valence-electron chi connectivity index (χ4n) is 2.50. The summed E-state index contributed by atoms with van der Waals surface area (Å²) in [5.41, 5.74) is 14.9. The first-order valence-electron chi connectivity index (χ1n) is 8.45. The predicted molar refractivity (Wildman–Crippen MR) is 105 cm³/mol. The highest BCUT2D eigenvalue weighted by Gasteiger charge is 2.07. The number of aromatic nitrogens is 3. The summed E-state index contributed by atoms with van der Waals surface area (Å²) >= 11 is 0. The van der Waals surface area contributed by atoms with Gasteiger partial charge in [-0.25, -0.2) is 15.0 Å². The molecule has 0 unspecified atom stereocenters. The Morgan fingerprint density at radius 1 is 1.04 bits per heavy atom. The fourth-order valence-corrected chi connectivity index (χ4v) is 2.50. The summed E-state index contributed by atoms with van der Waals surface area (Å²) in [7, 11) is 0. The molecule has 3 aromatic rings. The van der Waals surface area contributed by atoms with E-state index in [1.54, 1.807) is 12.3 Å². The first-order valence-corrected chi connectivity index (χ1v) is 8.45. The van der Waals surface area contributed by atoms with E-state index < -0.39 is 0 Å². The van der Waals surface area contributed by atoms with Crippen LogP contribution in [0.4, 0.5) is 23.0 Å². The largest absolute Gasteiger partial charge is 0.396 e. The number of hydrogen-bond acceptors (Lipinski definition) is 8. The third kappa shape index (κ3) is 4.90. The monoisotopic (exact) mass is 360 g/mol.